The molecular weight excluding hydrogens is 230 g/mol. The van der Waals surface area contributed by atoms with Gasteiger partial charge in [-0.05, 0) is 31.6 Å². The predicted octanol–water partition coefficient (Wildman–Crippen LogP) is 2.38. The van der Waals surface area contributed by atoms with Crippen molar-refractivity contribution in [1.29, 1.82) is 0 Å². The Labute approximate surface area is 109 Å². The van der Waals surface area contributed by atoms with Crippen molar-refractivity contribution >= 4 is 11.9 Å². The first-order valence-corrected chi connectivity index (χ1v) is 6.91. The zero-order chi connectivity index (χ0) is 13.9. The van der Waals surface area contributed by atoms with E-state index in [1.807, 2.05) is 14.0 Å². The summed E-state index contributed by atoms with van der Waals surface area (Å²) in [4.78, 5) is 25.4. The Kier molecular flexibility index (Phi) is 5.17. The monoisotopic (exact) mass is 255 g/mol. The average Bonchev–Trinajstić information content (AvgIpc) is 2.72. The summed E-state index contributed by atoms with van der Waals surface area (Å²) in [5.74, 6) is -1.31. The molecule has 0 aromatic heterocycles. The maximum atomic E-state index is 12.4. The lowest BCUT2D eigenvalue weighted by molar-refractivity contribution is -0.149. The van der Waals surface area contributed by atoms with E-state index in [1.54, 1.807) is 4.90 Å². The van der Waals surface area contributed by atoms with Crippen LogP contribution in [0.2, 0.25) is 0 Å². The van der Waals surface area contributed by atoms with E-state index in [0.717, 1.165) is 12.8 Å². The molecule has 0 saturated heterocycles. The molecule has 0 aromatic rings. The number of carbonyl (C=O) groups excluding carboxylic acids is 1. The Morgan fingerprint density at radius 3 is 2.17 bits per heavy atom. The van der Waals surface area contributed by atoms with Gasteiger partial charge in [0, 0.05) is 13.1 Å². The van der Waals surface area contributed by atoms with Crippen LogP contribution in [0.15, 0.2) is 0 Å². The minimum absolute atomic E-state index is 0.0143. The normalized spacial score (nSPS) is 27.5. The van der Waals surface area contributed by atoms with Crippen LogP contribution in [0.4, 0.5) is 0 Å². The van der Waals surface area contributed by atoms with Crippen molar-refractivity contribution in [3.8, 4) is 0 Å². The number of carbonyl (C=O) groups is 2. The van der Waals surface area contributed by atoms with Gasteiger partial charge >= 0.3 is 5.97 Å². The fraction of sp³-hybridized carbons (Fsp3) is 0.857. The second-order valence-corrected chi connectivity index (χ2v) is 5.55. The number of rotatable bonds is 5. The molecule has 1 fully saturated rings. The lowest BCUT2D eigenvalue weighted by Crippen LogP contribution is -2.42. The van der Waals surface area contributed by atoms with E-state index in [9.17, 15) is 14.7 Å². The summed E-state index contributed by atoms with van der Waals surface area (Å²) in [6.07, 6.45) is 3.17. The van der Waals surface area contributed by atoms with Crippen LogP contribution in [0, 0.1) is 17.8 Å². The van der Waals surface area contributed by atoms with Crippen LogP contribution < -0.4 is 0 Å². The number of carboxylic acids is 1. The Hall–Kier alpha value is -1.06. The minimum atomic E-state index is -0.823. The van der Waals surface area contributed by atoms with E-state index in [1.165, 1.54) is 0 Å². The molecule has 3 unspecified atom stereocenters. The van der Waals surface area contributed by atoms with Gasteiger partial charge in [0.25, 0.3) is 0 Å². The second kappa shape index (κ2) is 6.21. The molecule has 4 nitrogen and oxygen atoms in total. The third-order valence-electron chi connectivity index (χ3n) is 4.27. The Morgan fingerprint density at radius 1 is 1.22 bits per heavy atom. The van der Waals surface area contributed by atoms with Gasteiger partial charge in [0.15, 0.2) is 0 Å². The average molecular weight is 255 g/mol. The highest BCUT2D eigenvalue weighted by molar-refractivity contribution is 5.85. The van der Waals surface area contributed by atoms with Gasteiger partial charge in [-0.2, -0.15) is 0 Å². The molecule has 0 aromatic carbocycles. The largest absolute Gasteiger partial charge is 0.481 e. The van der Waals surface area contributed by atoms with E-state index in [4.69, 9.17) is 0 Å². The van der Waals surface area contributed by atoms with E-state index in [0.29, 0.717) is 18.8 Å². The first kappa shape index (κ1) is 15.0. The molecule has 104 valence electrons. The molecule has 18 heavy (non-hydrogen) atoms. The summed E-state index contributed by atoms with van der Waals surface area (Å²) >= 11 is 0. The van der Waals surface area contributed by atoms with Crippen molar-refractivity contribution in [2.24, 2.45) is 17.8 Å². The van der Waals surface area contributed by atoms with Crippen molar-refractivity contribution < 1.29 is 14.7 Å². The number of hydrogen-bond donors (Lipinski definition) is 1. The molecule has 1 aliphatic carbocycles. The van der Waals surface area contributed by atoms with Crippen molar-refractivity contribution in [1.82, 2.24) is 4.90 Å². The van der Waals surface area contributed by atoms with E-state index in [-0.39, 0.29) is 17.9 Å². The van der Waals surface area contributed by atoms with Gasteiger partial charge in [0.2, 0.25) is 5.91 Å². The van der Waals surface area contributed by atoms with Crippen molar-refractivity contribution in [3.63, 3.8) is 0 Å². The molecule has 1 rings (SSSR count). The summed E-state index contributed by atoms with van der Waals surface area (Å²) in [5, 5.41) is 9.21. The van der Waals surface area contributed by atoms with Gasteiger partial charge in [-0.1, -0.05) is 20.8 Å². The molecule has 1 saturated carbocycles. The molecular formula is C14H25NO3. The van der Waals surface area contributed by atoms with Gasteiger partial charge in [-0.25, -0.2) is 0 Å². The topological polar surface area (TPSA) is 57.6 Å². The van der Waals surface area contributed by atoms with Gasteiger partial charge in [0.05, 0.1) is 11.8 Å². The van der Waals surface area contributed by atoms with Gasteiger partial charge < -0.3 is 10.0 Å². The Bertz CT molecular complexity index is 312. The molecule has 0 heterocycles. The van der Waals surface area contributed by atoms with Gasteiger partial charge in [-0.15, -0.1) is 0 Å². The van der Waals surface area contributed by atoms with Crippen LogP contribution in [-0.4, -0.2) is 35.0 Å². The third kappa shape index (κ3) is 3.03. The molecule has 0 spiro atoms. The van der Waals surface area contributed by atoms with Crippen LogP contribution >= 0.6 is 0 Å². The molecule has 1 aliphatic rings. The van der Waals surface area contributed by atoms with E-state index < -0.39 is 11.9 Å². The molecule has 0 aliphatic heterocycles. The molecule has 1 amide bonds. The van der Waals surface area contributed by atoms with Crippen molar-refractivity contribution in [2.45, 2.75) is 52.5 Å². The number of aliphatic carboxylic acids is 1. The minimum Gasteiger partial charge on any atom is -0.481 e. The number of carboxylic acid groups (broad SMARTS) is 1. The van der Waals surface area contributed by atoms with Gasteiger partial charge in [0.1, 0.15) is 0 Å². The third-order valence-corrected chi connectivity index (χ3v) is 4.27. The van der Waals surface area contributed by atoms with Gasteiger partial charge in [-0.3, -0.25) is 9.59 Å². The predicted molar refractivity (Wildman–Crippen MR) is 70.2 cm³/mol. The molecule has 0 bridgehead atoms. The highest BCUT2D eigenvalue weighted by atomic mass is 16.4. The quantitative estimate of drug-likeness (QED) is 0.820. The Morgan fingerprint density at radius 2 is 1.72 bits per heavy atom. The van der Waals surface area contributed by atoms with Crippen LogP contribution in [0.1, 0.15) is 46.5 Å². The van der Waals surface area contributed by atoms with E-state index >= 15 is 0 Å². The van der Waals surface area contributed by atoms with Crippen LogP contribution in [0.5, 0.6) is 0 Å². The lowest BCUT2D eigenvalue weighted by atomic mass is 9.94. The second-order valence-electron chi connectivity index (χ2n) is 5.55. The summed E-state index contributed by atoms with van der Waals surface area (Å²) < 4.78 is 0. The fourth-order valence-electron chi connectivity index (χ4n) is 3.12. The smallest absolute Gasteiger partial charge is 0.307 e. The zero-order valence-electron chi connectivity index (χ0n) is 11.8. The van der Waals surface area contributed by atoms with Crippen LogP contribution in [0.3, 0.4) is 0 Å². The SMILES string of the molecule is CCC(CC)N(C)C(=O)C1CC(C)CC1C(=O)O. The zero-order valence-corrected chi connectivity index (χ0v) is 11.8. The summed E-state index contributed by atoms with van der Waals surface area (Å²) in [6, 6.07) is 0.225. The van der Waals surface area contributed by atoms with E-state index in [2.05, 4.69) is 13.8 Å². The fourth-order valence-corrected chi connectivity index (χ4v) is 3.12. The van der Waals surface area contributed by atoms with Crippen molar-refractivity contribution in [2.75, 3.05) is 7.05 Å². The molecule has 0 radical (unpaired) electrons. The highest BCUT2D eigenvalue weighted by Gasteiger charge is 2.42. The molecule has 3 atom stereocenters. The van der Waals surface area contributed by atoms with Crippen molar-refractivity contribution in [3.05, 3.63) is 0 Å². The maximum absolute atomic E-state index is 12.4. The summed E-state index contributed by atoms with van der Waals surface area (Å²) in [7, 11) is 1.81. The summed E-state index contributed by atoms with van der Waals surface area (Å²) in [5.41, 5.74) is 0. The van der Waals surface area contributed by atoms with Crippen LogP contribution in [0.25, 0.3) is 0 Å². The molecule has 4 heteroatoms. The highest BCUT2D eigenvalue weighted by Crippen LogP contribution is 2.37. The standard InChI is InChI=1S/C14H25NO3/c1-5-10(6-2)15(4)13(16)11-7-9(3)8-12(11)14(17)18/h9-12H,5-8H2,1-4H3,(H,17,18). The number of nitrogens with zero attached hydrogens (tertiary/aromatic N) is 1. The van der Waals surface area contributed by atoms with Crippen LogP contribution in [-0.2, 0) is 9.59 Å². The molecule has 1 N–H and O–H groups in total. The number of amides is 1. The Balaban J connectivity index is 2.78. The summed E-state index contributed by atoms with van der Waals surface area (Å²) in [6.45, 7) is 6.15. The number of hydrogen-bond acceptors (Lipinski definition) is 2. The lowest BCUT2D eigenvalue weighted by Gasteiger charge is -2.30. The first-order valence-electron chi connectivity index (χ1n) is 6.91. The maximum Gasteiger partial charge on any atom is 0.307 e. The first-order chi connectivity index (χ1) is 8.42.